The SMILES string of the molecule is COCCCCC(CN)C(C)(C)C. The molecule has 0 aromatic heterocycles. The maximum Gasteiger partial charge on any atom is 0.0462 e. The second-order valence-electron chi connectivity index (χ2n) is 4.79. The van der Waals surface area contributed by atoms with Crippen LogP contribution >= 0.6 is 0 Å². The van der Waals surface area contributed by atoms with Crippen LogP contribution in [0.4, 0.5) is 0 Å². The highest BCUT2D eigenvalue weighted by molar-refractivity contribution is 4.74. The van der Waals surface area contributed by atoms with Crippen molar-refractivity contribution in [2.24, 2.45) is 17.1 Å². The molecule has 80 valence electrons. The van der Waals surface area contributed by atoms with Gasteiger partial charge < -0.3 is 10.5 Å². The van der Waals surface area contributed by atoms with Gasteiger partial charge in [0.1, 0.15) is 0 Å². The normalized spacial score (nSPS) is 14.5. The quantitative estimate of drug-likeness (QED) is 0.648. The maximum absolute atomic E-state index is 5.74. The third kappa shape index (κ3) is 6.05. The summed E-state index contributed by atoms with van der Waals surface area (Å²) < 4.78 is 5.01. The van der Waals surface area contributed by atoms with Gasteiger partial charge in [-0.25, -0.2) is 0 Å². The van der Waals surface area contributed by atoms with E-state index in [1.54, 1.807) is 7.11 Å². The van der Waals surface area contributed by atoms with E-state index in [1.165, 1.54) is 12.8 Å². The van der Waals surface area contributed by atoms with Crippen molar-refractivity contribution < 1.29 is 4.74 Å². The molecule has 0 rings (SSSR count). The van der Waals surface area contributed by atoms with Crippen molar-refractivity contribution in [1.29, 1.82) is 0 Å². The fraction of sp³-hybridized carbons (Fsp3) is 1.00. The van der Waals surface area contributed by atoms with Crippen LogP contribution in [0.5, 0.6) is 0 Å². The minimum atomic E-state index is 0.349. The Bertz CT molecular complexity index is 118. The fourth-order valence-electron chi connectivity index (χ4n) is 1.54. The number of ether oxygens (including phenoxy) is 1. The first kappa shape index (κ1) is 12.9. The molecule has 2 nitrogen and oxygen atoms in total. The summed E-state index contributed by atoms with van der Waals surface area (Å²) in [6, 6.07) is 0. The van der Waals surface area contributed by atoms with Crippen LogP contribution in [-0.4, -0.2) is 20.3 Å². The molecule has 0 saturated carbocycles. The molecule has 0 aliphatic heterocycles. The van der Waals surface area contributed by atoms with Crippen LogP contribution in [0.2, 0.25) is 0 Å². The molecule has 13 heavy (non-hydrogen) atoms. The van der Waals surface area contributed by atoms with E-state index >= 15 is 0 Å². The molecule has 0 aromatic rings. The monoisotopic (exact) mass is 187 g/mol. The Kier molecular flexibility index (Phi) is 6.35. The number of hydrogen-bond donors (Lipinski definition) is 1. The van der Waals surface area contributed by atoms with Gasteiger partial charge in [-0.3, -0.25) is 0 Å². The van der Waals surface area contributed by atoms with Gasteiger partial charge in [-0.2, -0.15) is 0 Å². The number of nitrogens with two attached hydrogens (primary N) is 1. The van der Waals surface area contributed by atoms with E-state index in [-0.39, 0.29) is 0 Å². The van der Waals surface area contributed by atoms with Gasteiger partial charge in [-0.15, -0.1) is 0 Å². The van der Waals surface area contributed by atoms with E-state index in [4.69, 9.17) is 10.5 Å². The Morgan fingerprint density at radius 2 is 1.85 bits per heavy atom. The van der Waals surface area contributed by atoms with Gasteiger partial charge in [0.15, 0.2) is 0 Å². The largest absolute Gasteiger partial charge is 0.385 e. The summed E-state index contributed by atoms with van der Waals surface area (Å²) in [5, 5.41) is 0. The molecule has 0 aliphatic rings. The summed E-state index contributed by atoms with van der Waals surface area (Å²) >= 11 is 0. The second-order valence-corrected chi connectivity index (χ2v) is 4.79. The van der Waals surface area contributed by atoms with Crippen LogP contribution in [0, 0.1) is 11.3 Å². The molecule has 0 bridgehead atoms. The van der Waals surface area contributed by atoms with Crippen molar-refractivity contribution >= 4 is 0 Å². The Labute approximate surface area is 82.8 Å². The van der Waals surface area contributed by atoms with E-state index in [0.29, 0.717) is 11.3 Å². The van der Waals surface area contributed by atoms with Crippen LogP contribution in [0.1, 0.15) is 40.0 Å². The second kappa shape index (κ2) is 6.39. The van der Waals surface area contributed by atoms with Gasteiger partial charge in [-0.1, -0.05) is 27.2 Å². The molecule has 0 radical (unpaired) electrons. The highest BCUT2D eigenvalue weighted by Crippen LogP contribution is 2.28. The lowest BCUT2D eigenvalue weighted by Gasteiger charge is -2.29. The first-order chi connectivity index (χ1) is 6.02. The van der Waals surface area contributed by atoms with E-state index in [9.17, 15) is 0 Å². The predicted molar refractivity (Wildman–Crippen MR) is 57.7 cm³/mol. The number of hydrogen-bond acceptors (Lipinski definition) is 2. The zero-order valence-electron chi connectivity index (χ0n) is 9.60. The van der Waals surface area contributed by atoms with Crippen molar-refractivity contribution in [3.63, 3.8) is 0 Å². The zero-order chi connectivity index (χ0) is 10.3. The van der Waals surface area contributed by atoms with Crippen LogP contribution in [0.15, 0.2) is 0 Å². The summed E-state index contributed by atoms with van der Waals surface area (Å²) in [5.41, 5.74) is 6.09. The Morgan fingerprint density at radius 1 is 1.23 bits per heavy atom. The lowest BCUT2D eigenvalue weighted by Crippen LogP contribution is -2.28. The predicted octanol–water partition coefficient (Wildman–Crippen LogP) is 2.42. The highest BCUT2D eigenvalue weighted by atomic mass is 16.5. The minimum absolute atomic E-state index is 0.349. The Hall–Kier alpha value is -0.0800. The first-order valence-electron chi connectivity index (χ1n) is 5.21. The molecule has 0 aromatic carbocycles. The van der Waals surface area contributed by atoms with Crippen molar-refractivity contribution in [2.45, 2.75) is 40.0 Å². The lowest BCUT2D eigenvalue weighted by atomic mass is 9.78. The first-order valence-corrected chi connectivity index (χ1v) is 5.21. The molecule has 2 heteroatoms. The van der Waals surface area contributed by atoms with Crippen molar-refractivity contribution in [3.8, 4) is 0 Å². The number of methoxy groups -OCH3 is 1. The number of rotatable bonds is 6. The minimum Gasteiger partial charge on any atom is -0.385 e. The molecule has 1 atom stereocenters. The highest BCUT2D eigenvalue weighted by Gasteiger charge is 2.22. The molecule has 0 spiro atoms. The fourth-order valence-corrected chi connectivity index (χ4v) is 1.54. The van der Waals surface area contributed by atoms with Gasteiger partial charge in [0.25, 0.3) is 0 Å². The van der Waals surface area contributed by atoms with Crippen LogP contribution in [-0.2, 0) is 4.74 Å². The van der Waals surface area contributed by atoms with Gasteiger partial charge >= 0.3 is 0 Å². The van der Waals surface area contributed by atoms with E-state index in [0.717, 1.165) is 19.6 Å². The summed E-state index contributed by atoms with van der Waals surface area (Å²) in [7, 11) is 1.75. The van der Waals surface area contributed by atoms with E-state index in [2.05, 4.69) is 20.8 Å². The van der Waals surface area contributed by atoms with E-state index < -0.39 is 0 Å². The summed E-state index contributed by atoms with van der Waals surface area (Å²) in [5.74, 6) is 0.643. The summed E-state index contributed by atoms with van der Waals surface area (Å²) in [6.45, 7) is 8.47. The number of unbranched alkanes of at least 4 members (excludes halogenated alkanes) is 1. The average molecular weight is 187 g/mol. The molecule has 0 fully saturated rings. The van der Waals surface area contributed by atoms with E-state index in [1.807, 2.05) is 0 Å². The molecule has 0 amide bonds. The third-order valence-electron chi connectivity index (χ3n) is 2.66. The summed E-state index contributed by atoms with van der Waals surface area (Å²) in [6.07, 6.45) is 3.61. The molecule has 1 unspecified atom stereocenters. The van der Waals surface area contributed by atoms with Crippen LogP contribution in [0.3, 0.4) is 0 Å². The van der Waals surface area contributed by atoms with Crippen molar-refractivity contribution in [1.82, 2.24) is 0 Å². The van der Waals surface area contributed by atoms with Crippen molar-refractivity contribution in [3.05, 3.63) is 0 Å². The molecule has 0 heterocycles. The molecule has 0 aliphatic carbocycles. The molecular formula is C11H25NO. The standard InChI is InChI=1S/C11H25NO/c1-11(2,3)10(9-12)7-5-6-8-13-4/h10H,5-9,12H2,1-4H3. The Morgan fingerprint density at radius 3 is 2.23 bits per heavy atom. The zero-order valence-corrected chi connectivity index (χ0v) is 9.60. The van der Waals surface area contributed by atoms with Gasteiger partial charge in [-0.05, 0) is 30.7 Å². The topological polar surface area (TPSA) is 35.2 Å². The van der Waals surface area contributed by atoms with Crippen molar-refractivity contribution in [2.75, 3.05) is 20.3 Å². The maximum atomic E-state index is 5.74. The average Bonchev–Trinajstić information content (AvgIpc) is 2.02. The Balaban J connectivity index is 3.61. The molecule has 0 saturated heterocycles. The van der Waals surface area contributed by atoms with Gasteiger partial charge in [0.2, 0.25) is 0 Å². The smallest absolute Gasteiger partial charge is 0.0462 e. The lowest BCUT2D eigenvalue weighted by molar-refractivity contribution is 0.179. The van der Waals surface area contributed by atoms with Gasteiger partial charge in [0, 0.05) is 13.7 Å². The van der Waals surface area contributed by atoms with Crippen LogP contribution < -0.4 is 5.73 Å². The third-order valence-corrected chi connectivity index (χ3v) is 2.66. The van der Waals surface area contributed by atoms with Crippen LogP contribution in [0.25, 0.3) is 0 Å². The molecule has 2 N–H and O–H groups in total. The summed E-state index contributed by atoms with van der Waals surface area (Å²) in [4.78, 5) is 0. The molecular weight excluding hydrogens is 162 g/mol. The van der Waals surface area contributed by atoms with Gasteiger partial charge in [0.05, 0.1) is 0 Å².